The SMILES string of the molecule is CNC(=O)C(CCC=O)N1C(=O)c2ccc(N3CCC4(CCN(c5ccc(Nc6nc(N7CCCC(N8CCN(C9COC9)C8=O)C7)cnc6C(N)=O)cc5)CC4)CC3)cc2C1=O. The first-order valence-corrected chi connectivity index (χ1v) is 22.2. The van der Waals surface area contributed by atoms with Crippen LogP contribution in [0.1, 0.15) is 82.6 Å². The summed E-state index contributed by atoms with van der Waals surface area (Å²) in [6.07, 6.45) is 8.34. The van der Waals surface area contributed by atoms with Crippen molar-refractivity contribution in [1.82, 2.24) is 30.0 Å². The Morgan fingerprint density at radius 2 is 1.51 bits per heavy atom. The Morgan fingerprint density at radius 3 is 2.14 bits per heavy atom. The maximum absolute atomic E-state index is 13.5. The van der Waals surface area contributed by atoms with Crippen LogP contribution in [-0.2, 0) is 14.3 Å². The van der Waals surface area contributed by atoms with Crippen LogP contribution in [0.2, 0.25) is 0 Å². The molecule has 2 atom stereocenters. The Morgan fingerprint density at radius 1 is 0.857 bits per heavy atom. The van der Waals surface area contributed by atoms with Crippen LogP contribution in [0.4, 0.5) is 33.5 Å². The van der Waals surface area contributed by atoms with E-state index in [9.17, 15) is 28.8 Å². The molecule has 0 aliphatic carbocycles. The first-order chi connectivity index (χ1) is 30.6. The van der Waals surface area contributed by atoms with E-state index in [0.29, 0.717) is 45.0 Å². The van der Waals surface area contributed by atoms with E-state index >= 15 is 0 Å². The number of likely N-dealkylation sites (N-methyl/N-ethyl adjacent to an activating group) is 1. The third kappa shape index (κ3) is 8.11. The summed E-state index contributed by atoms with van der Waals surface area (Å²) in [4.78, 5) is 97.2. The largest absolute Gasteiger partial charge is 0.377 e. The highest BCUT2D eigenvalue weighted by Crippen LogP contribution is 2.44. The van der Waals surface area contributed by atoms with Gasteiger partial charge in [-0.25, -0.2) is 14.8 Å². The summed E-state index contributed by atoms with van der Waals surface area (Å²) in [7, 11) is 1.45. The second-order valence-corrected chi connectivity index (χ2v) is 17.6. The monoisotopic (exact) mass is 861 g/mol. The predicted octanol–water partition coefficient (Wildman–Crippen LogP) is 3.00. The van der Waals surface area contributed by atoms with E-state index in [1.165, 1.54) is 7.05 Å². The molecule has 6 amide bonds. The van der Waals surface area contributed by atoms with Gasteiger partial charge in [-0.2, -0.15) is 0 Å². The molecule has 9 rings (SSSR count). The number of ether oxygens (including phenoxy) is 1. The number of nitrogens with two attached hydrogens (primary N) is 1. The van der Waals surface area contributed by atoms with E-state index < -0.39 is 29.7 Å². The summed E-state index contributed by atoms with van der Waals surface area (Å²) in [6, 6.07) is 12.7. The molecular weight excluding hydrogens is 807 g/mol. The summed E-state index contributed by atoms with van der Waals surface area (Å²) in [5.74, 6) is -1.26. The van der Waals surface area contributed by atoms with Crippen molar-refractivity contribution in [3.63, 3.8) is 0 Å². The van der Waals surface area contributed by atoms with Gasteiger partial charge in [0.1, 0.15) is 18.1 Å². The number of nitrogens with one attached hydrogen (secondary N) is 2. The number of amides is 6. The standard InChI is InChI=1S/C45H55N11O7/c1-47-41(59)36(5-3-23-57)56-42(60)34-11-10-31(24-35(34)43(56)61)52-19-14-45(15-20-52)12-17-51(18-13-45)30-8-6-29(7-9-30)49-40-38(39(46)58)48-25-37(50-40)53-16-2-4-32(26-53)54-21-22-55(44(54)62)33-27-63-28-33/h6-11,23-25,32-33,36H,2-5,12-22,26-28H2,1H3,(H2,46,58)(H,47,59)(H,49,50). The van der Waals surface area contributed by atoms with Gasteiger partial charge < -0.3 is 50.4 Å². The topological polar surface area (TPSA) is 207 Å². The van der Waals surface area contributed by atoms with Crippen LogP contribution in [0.5, 0.6) is 0 Å². The normalized spacial score (nSPS) is 21.7. The van der Waals surface area contributed by atoms with Gasteiger partial charge in [0.15, 0.2) is 11.5 Å². The maximum Gasteiger partial charge on any atom is 0.320 e. The molecule has 18 heteroatoms. The van der Waals surface area contributed by atoms with Gasteiger partial charge in [-0.15, -0.1) is 0 Å². The molecule has 63 heavy (non-hydrogen) atoms. The quantitative estimate of drug-likeness (QED) is 0.167. The van der Waals surface area contributed by atoms with Crippen molar-refractivity contribution in [3.8, 4) is 0 Å². The zero-order chi connectivity index (χ0) is 43.8. The molecule has 4 N–H and O–H groups in total. The molecule has 3 aromatic rings. The van der Waals surface area contributed by atoms with Gasteiger partial charge in [0, 0.05) is 82.9 Å². The van der Waals surface area contributed by atoms with Gasteiger partial charge >= 0.3 is 6.03 Å². The number of hydrogen-bond donors (Lipinski definition) is 3. The number of nitrogens with zero attached hydrogens (tertiary/aromatic N) is 8. The molecule has 2 aromatic carbocycles. The smallest absolute Gasteiger partial charge is 0.320 e. The molecule has 6 aliphatic heterocycles. The number of hydrogen-bond acceptors (Lipinski definition) is 13. The van der Waals surface area contributed by atoms with E-state index in [4.69, 9.17) is 15.5 Å². The third-order valence-electron chi connectivity index (χ3n) is 14.1. The molecule has 7 heterocycles. The lowest BCUT2D eigenvalue weighted by Crippen LogP contribution is -2.53. The van der Waals surface area contributed by atoms with E-state index in [2.05, 4.69) is 42.5 Å². The summed E-state index contributed by atoms with van der Waals surface area (Å²) in [6.45, 7) is 7.50. The van der Waals surface area contributed by atoms with E-state index in [0.717, 1.165) is 93.2 Å². The van der Waals surface area contributed by atoms with Gasteiger partial charge in [0.2, 0.25) is 5.91 Å². The number of carbonyl (C=O) groups excluding carboxylic acids is 6. The number of carbonyl (C=O) groups is 6. The Kier molecular flexibility index (Phi) is 11.6. The number of anilines is 5. The minimum atomic E-state index is -1.05. The minimum Gasteiger partial charge on any atom is -0.377 e. The van der Waals surface area contributed by atoms with Gasteiger partial charge in [-0.1, -0.05) is 0 Å². The van der Waals surface area contributed by atoms with E-state index in [-0.39, 0.29) is 59.0 Å². The molecule has 2 unspecified atom stereocenters. The lowest BCUT2D eigenvalue weighted by Gasteiger charge is -2.48. The van der Waals surface area contributed by atoms with Crippen molar-refractivity contribution in [2.24, 2.45) is 11.1 Å². The Bertz CT molecular complexity index is 2270. The zero-order valence-electron chi connectivity index (χ0n) is 35.7. The fraction of sp³-hybridized carbons (Fsp3) is 0.511. The average molecular weight is 862 g/mol. The fourth-order valence-corrected chi connectivity index (χ4v) is 10.2. The van der Waals surface area contributed by atoms with Crippen molar-refractivity contribution >= 4 is 64.6 Å². The summed E-state index contributed by atoms with van der Waals surface area (Å²) < 4.78 is 5.33. The molecule has 6 aliphatic rings. The first kappa shape index (κ1) is 42.0. The van der Waals surface area contributed by atoms with Crippen LogP contribution in [0.25, 0.3) is 0 Å². The number of fused-ring (bicyclic) bond motifs is 1. The highest BCUT2D eigenvalue weighted by Gasteiger charge is 2.44. The van der Waals surface area contributed by atoms with Crippen molar-refractivity contribution in [1.29, 1.82) is 0 Å². The lowest BCUT2D eigenvalue weighted by molar-refractivity contribution is -0.124. The molecular formula is C45H55N11O7. The van der Waals surface area contributed by atoms with Crippen molar-refractivity contribution in [2.75, 3.05) is 92.6 Å². The van der Waals surface area contributed by atoms with Crippen molar-refractivity contribution in [3.05, 3.63) is 65.5 Å². The van der Waals surface area contributed by atoms with Gasteiger partial charge in [0.25, 0.3) is 17.7 Å². The Balaban J connectivity index is 0.792. The molecule has 0 saturated carbocycles. The minimum absolute atomic E-state index is 0.0559. The van der Waals surface area contributed by atoms with Crippen LogP contribution in [0.15, 0.2) is 48.7 Å². The molecule has 0 bridgehead atoms. The number of imide groups is 1. The number of piperidine rings is 3. The van der Waals surface area contributed by atoms with Crippen molar-refractivity contribution < 1.29 is 33.5 Å². The summed E-state index contributed by atoms with van der Waals surface area (Å²) >= 11 is 0. The van der Waals surface area contributed by atoms with Crippen LogP contribution < -0.4 is 31.1 Å². The number of aromatic nitrogens is 2. The number of urea groups is 1. The summed E-state index contributed by atoms with van der Waals surface area (Å²) in [5.41, 5.74) is 9.33. The van der Waals surface area contributed by atoms with Crippen LogP contribution in [-0.4, -0.2) is 151 Å². The van der Waals surface area contributed by atoms with Crippen LogP contribution in [0, 0.1) is 5.41 Å². The molecule has 5 fully saturated rings. The second kappa shape index (κ2) is 17.5. The molecule has 5 saturated heterocycles. The predicted molar refractivity (Wildman–Crippen MR) is 234 cm³/mol. The molecule has 332 valence electrons. The van der Waals surface area contributed by atoms with Crippen LogP contribution in [0.3, 0.4) is 0 Å². The molecule has 18 nitrogen and oxygen atoms in total. The molecule has 1 spiro atoms. The van der Waals surface area contributed by atoms with E-state index in [1.54, 1.807) is 18.3 Å². The summed E-state index contributed by atoms with van der Waals surface area (Å²) in [5, 5.41) is 5.82. The Hall–Kier alpha value is -6.30. The Labute approximate surface area is 366 Å². The third-order valence-corrected chi connectivity index (χ3v) is 14.1. The maximum atomic E-state index is 13.5. The fourth-order valence-electron chi connectivity index (χ4n) is 10.2. The average Bonchev–Trinajstić information content (AvgIpc) is 3.78. The number of benzene rings is 2. The van der Waals surface area contributed by atoms with Gasteiger partial charge in [-0.3, -0.25) is 24.1 Å². The van der Waals surface area contributed by atoms with Gasteiger partial charge in [0.05, 0.1) is 42.6 Å². The van der Waals surface area contributed by atoms with Crippen molar-refractivity contribution in [2.45, 2.75) is 69.5 Å². The molecule has 0 radical (unpaired) electrons. The highest BCUT2D eigenvalue weighted by atomic mass is 16.5. The van der Waals surface area contributed by atoms with Crippen LogP contribution >= 0.6 is 0 Å². The number of primary amides is 1. The number of rotatable bonds is 13. The second-order valence-electron chi connectivity index (χ2n) is 17.6. The van der Waals surface area contributed by atoms with E-state index in [1.807, 2.05) is 28.0 Å². The molecule has 1 aromatic heterocycles. The van der Waals surface area contributed by atoms with Gasteiger partial charge in [-0.05, 0) is 92.8 Å². The first-order valence-electron chi connectivity index (χ1n) is 22.2. The highest BCUT2D eigenvalue weighted by molar-refractivity contribution is 6.23. The number of aldehydes is 1. The zero-order valence-corrected chi connectivity index (χ0v) is 35.7. The lowest BCUT2D eigenvalue weighted by atomic mass is 9.71.